The van der Waals surface area contributed by atoms with E-state index in [9.17, 15) is 15.0 Å². The van der Waals surface area contributed by atoms with Crippen molar-refractivity contribution in [1.82, 2.24) is 4.90 Å². The lowest BCUT2D eigenvalue weighted by Crippen LogP contribution is -2.58. The van der Waals surface area contributed by atoms with E-state index in [1.165, 1.54) is 51.3 Å². The van der Waals surface area contributed by atoms with Crippen molar-refractivity contribution >= 4 is 16.7 Å². The molecular weight excluding hydrogens is 504 g/mol. The van der Waals surface area contributed by atoms with E-state index < -0.39 is 11.2 Å². The van der Waals surface area contributed by atoms with Gasteiger partial charge in [-0.25, -0.2) is 0 Å². The van der Waals surface area contributed by atoms with Crippen LogP contribution in [0, 0.1) is 17.8 Å². The second-order valence-electron chi connectivity index (χ2n) is 12.4. The summed E-state index contributed by atoms with van der Waals surface area (Å²) >= 11 is 0. The Hall–Kier alpha value is -3.19. The molecule has 3 aromatic rings. The van der Waals surface area contributed by atoms with Crippen LogP contribution in [-0.2, 0) is 0 Å². The number of aromatic hydroxyl groups is 2. The summed E-state index contributed by atoms with van der Waals surface area (Å²) in [6.45, 7) is 7.01. The molecule has 2 aromatic carbocycles. The SMILES string of the molecule is COc1c(O)ccc2c(=O)c(O)c(-c3ccc(N(C)CCCCN(C)C45CC(C)CC(CCC4C)C5)cc3)oc12. The second-order valence-corrected chi connectivity index (χ2v) is 12.4. The topological polar surface area (TPSA) is 86.4 Å². The highest BCUT2D eigenvalue weighted by Gasteiger charge is 2.48. The fourth-order valence-electron chi connectivity index (χ4n) is 7.51. The van der Waals surface area contributed by atoms with Gasteiger partial charge in [-0.15, -0.1) is 0 Å². The van der Waals surface area contributed by atoms with Crippen molar-refractivity contribution in [3.8, 4) is 28.6 Å². The number of rotatable bonds is 9. The zero-order chi connectivity index (χ0) is 28.6. The molecule has 0 amide bonds. The monoisotopic (exact) mass is 548 g/mol. The van der Waals surface area contributed by atoms with E-state index in [0.717, 1.165) is 49.4 Å². The number of phenolic OH excluding ortho intramolecular Hbond substituents is 1. The van der Waals surface area contributed by atoms with Crippen LogP contribution in [0.3, 0.4) is 0 Å². The Morgan fingerprint density at radius 1 is 1.00 bits per heavy atom. The predicted octanol–water partition coefficient (Wildman–Crippen LogP) is 6.63. The summed E-state index contributed by atoms with van der Waals surface area (Å²) in [7, 11) is 5.85. The molecule has 0 aliphatic heterocycles. The van der Waals surface area contributed by atoms with E-state index in [4.69, 9.17) is 9.15 Å². The summed E-state index contributed by atoms with van der Waals surface area (Å²) in [6.07, 6.45) is 9.19. The predicted molar refractivity (Wildman–Crippen MR) is 161 cm³/mol. The number of anilines is 1. The highest BCUT2D eigenvalue weighted by molar-refractivity contribution is 5.88. The molecule has 2 bridgehead atoms. The number of phenols is 1. The molecule has 4 unspecified atom stereocenters. The lowest BCUT2D eigenvalue weighted by atomic mass is 9.59. The summed E-state index contributed by atoms with van der Waals surface area (Å²) < 4.78 is 11.1. The highest BCUT2D eigenvalue weighted by atomic mass is 16.5. The molecule has 5 rings (SSSR count). The lowest BCUT2D eigenvalue weighted by Gasteiger charge is -2.56. The first kappa shape index (κ1) is 28.3. The molecule has 2 N–H and O–H groups in total. The summed E-state index contributed by atoms with van der Waals surface area (Å²) in [4.78, 5) is 17.7. The van der Waals surface area contributed by atoms with E-state index >= 15 is 0 Å². The van der Waals surface area contributed by atoms with Gasteiger partial charge in [0.25, 0.3) is 0 Å². The van der Waals surface area contributed by atoms with Crippen LogP contribution in [0.4, 0.5) is 5.69 Å². The molecule has 7 nitrogen and oxygen atoms in total. The first-order valence-corrected chi connectivity index (χ1v) is 14.7. The highest BCUT2D eigenvalue weighted by Crippen LogP contribution is 2.50. The standard InChI is InChI=1S/C33H44N2O5/c1-21-18-23-9-8-22(2)33(19-21,20-23)35(4)17-7-6-16-34(3)25-12-10-24(11-13-25)30-29(38)28(37)26-14-15-27(36)32(39-5)31(26)40-30/h10-15,21-23,36,38H,6-9,16-20H2,1-5H3. The number of fused-ring (bicyclic) bond motifs is 3. The minimum absolute atomic E-state index is 0.0502. The fraction of sp³-hybridized carbons (Fsp3) is 0.545. The van der Waals surface area contributed by atoms with Crippen molar-refractivity contribution < 1.29 is 19.4 Å². The summed E-state index contributed by atoms with van der Waals surface area (Å²) in [5, 5.41) is 20.9. The minimum atomic E-state index is -0.568. The van der Waals surface area contributed by atoms with Crippen LogP contribution < -0.4 is 15.1 Å². The van der Waals surface area contributed by atoms with E-state index in [-0.39, 0.29) is 28.2 Å². The molecular formula is C33H44N2O5. The van der Waals surface area contributed by atoms with Crippen molar-refractivity contribution in [3.63, 3.8) is 0 Å². The van der Waals surface area contributed by atoms with Crippen LogP contribution >= 0.6 is 0 Å². The zero-order valence-electron chi connectivity index (χ0n) is 24.6. The van der Waals surface area contributed by atoms with Crippen molar-refractivity contribution in [2.75, 3.05) is 39.2 Å². The first-order valence-electron chi connectivity index (χ1n) is 14.7. The lowest BCUT2D eigenvalue weighted by molar-refractivity contribution is -0.0465. The number of methoxy groups -OCH3 is 1. The van der Waals surface area contributed by atoms with Gasteiger partial charge in [-0.1, -0.05) is 20.3 Å². The van der Waals surface area contributed by atoms with Gasteiger partial charge in [-0.3, -0.25) is 4.79 Å². The Kier molecular flexibility index (Phi) is 8.05. The molecule has 7 heteroatoms. The van der Waals surface area contributed by atoms with Crippen molar-refractivity contribution in [3.05, 3.63) is 46.6 Å². The number of benzene rings is 2. The molecule has 0 spiro atoms. The molecule has 40 heavy (non-hydrogen) atoms. The van der Waals surface area contributed by atoms with Crippen LogP contribution in [0.1, 0.15) is 58.8 Å². The average Bonchev–Trinajstić information content (AvgIpc) is 2.94. The maximum absolute atomic E-state index is 12.8. The van der Waals surface area contributed by atoms with Gasteiger partial charge >= 0.3 is 0 Å². The molecule has 2 fully saturated rings. The van der Waals surface area contributed by atoms with Gasteiger partial charge in [0, 0.05) is 30.4 Å². The molecule has 0 radical (unpaired) electrons. The molecule has 2 saturated carbocycles. The molecule has 2 aliphatic rings. The van der Waals surface area contributed by atoms with Crippen LogP contribution in [0.15, 0.2) is 45.6 Å². The molecule has 0 saturated heterocycles. The Labute approximate surface area is 237 Å². The van der Waals surface area contributed by atoms with Gasteiger partial charge in [0.1, 0.15) is 0 Å². The van der Waals surface area contributed by atoms with Crippen LogP contribution in [0.5, 0.6) is 17.2 Å². The number of ether oxygens (including phenoxy) is 1. The first-order chi connectivity index (χ1) is 19.1. The largest absolute Gasteiger partial charge is 0.504 e. The normalized spacial score (nSPS) is 24.4. The van der Waals surface area contributed by atoms with Crippen LogP contribution in [0.2, 0.25) is 0 Å². The Morgan fingerprint density at radius 2 is 1.73 bits per heavy atom. The number of hydrogen-bond donors (Lipinski definition) is 2. The second kappa shape index (κ2) is 11.4. The number of unbranched alkanes of at least 4 members (excludes halogenated alkanes) is 1. The molecule has 216 valence electrons. The smallest absolute Gasteiger partial charge is 0.235 e. The van der Waals surface area contributed by atoms with Gasteiger partial charge in [-0.05, 0) is 106 Å². The molecule has 2 aliphatic carbocycles. The molecule has 4 atom stereocenters. The summed E-state index contributed by atoms with van der Waals surface area (Å²) in [5.74, 6) is 2.03. The van der Waals surface area contributed by atoms with Gasteiger partial charge in [0.2, 0.25) is 16.9 Å². The van der Waals surface area contributed by atoms with Gasteiger partial charge < -0.3 is 29.2 Å². The third-order valence-corrected chi connectivity index (χ3v) is 9.75. The maximum atomic E-state index is 12.8. The average molecular weight is 549 g/mol. The third-order valence-electron chi connectivity index (χ3n) is 9.75. The van der Waals surface area contributed by atoms with Gasteiger partial charge in [0.15, 0.2) is 17.1 Å². The number of hydrogen-bond acceptors (Lipinski definition) is 7. The quantitative estimate of drug-likeness (QED) is 0.290. The number of nitrogens with zero attached hydrogens (tertiary/aromatic N) is 2. The fourth-order valence-corrected chi connectivity index (χ4v) is 7.51. The van der Waals surface area contributed by atoms with Gasteiger partial charge in [0.05, 0.1) is 12.5 Å². The van der Waals surface area contributed by atoms with E-state index in [0.29, 0.717) is 11.1 Å². The Bertz CT molecular complexity index is 1400. The Morgan fingerprint density at radius 3 is 2.45 bits per heavy atom. The van der Waals surface area contributed by atoms with E-state index in [1.807, 2.05) is 24.3 Å². The zero-order valence-corrected chi connectivity index (χ0v) is 24.6. The summed E-state index contributed by atoms with van der Waals surface area (Å²) in [5.41, 5.74) is 1.54. The third kappa shape index (κ3) is 5.16. The van der Waals surface area contributed by atoms with Crippen LogP contribution in [-0.4, -0.2) is 54.9 Å². The van der Waals surface area contributed by atoms with Crippen molar-refractivity contribution in [1.29, 1.82) is 0 Å². The molecule has 1 heterocycles. The minimum Gasteiger partial charge on any atom is -0.504 e. The van der Waals surface area contributed by atoms with Gasteiger partial charge in [-0.2, -0.15) is 0 Å². The van der Waals surface area contributed by atoms with Crippen LogP contribution in [0.25, 0.3) is 22.3 Å². The molecule has 1 aromatic heterocycles. The van der Waals surface area contributed by atoms with Crippen molar-refractivity contribution in [2.24, 2.45) is 17.8 Å². The van der Waals surface area contributed by atoms with Crippen molar-refractivity contribution in [2.45, 2.75) is 64.3 Å². The van der Waals surface area contributed by atoms with E-state index in [2.05, 4.69) is 37.7 Å². The maximum Gasteiger partial charge on any atom is 0.235 e. The van der Waals surface area contributed by atoms with E-state index in [1.54, 1.807) is 0 Å². The Balaban J connectivity index is 1.22. The summed E-state index contributed by atoms with van der Waals surface area (Å²) in [6, 6.07) is 10.4.